The van der Waals surface area contributed by atoms with Crippen LogP contribution in [0.15, 0.2) is 4.42 Å². The Morgan fingerprint density at radius 2 is 1.72 bits per heavy atom. The number of hydrogen-bond donors (Lipinski definition) is 2. The van der Waals surface area contributed by atoms with Crippen LogP contribution < -0.4 is 0 Å². The molecule has 1 aromatic heterocycles. The normalized spacial score (nSPS) is 10.0. The number of furan rings is 1. The van der Waals surface area contributed by atoms with Crippen LogP contribution in [0, 0.1) is 10.1 Å². The summed E-state index contributed by atoms with van der Waals surface area (Å²) in [7, 11) is 0. The molecule has 9 nitrogen and oxygen atoms in total. The van der Waals surface area contributed by atoms with Gasteiger partial charge in [-0.2, -0.15) is 0 Å². The molecule has 0 aliphatic carbocycles. The number of nitro groups is 1. The summed E-state index contributed by atoms with van der Waals surface area (Å²) in [4.78, 5) is 41.4. The Balaban J connectivity index is 3.41. The minimum atomic E-state index is -1.40. The lowest BCUT2D eigenvalue weighted by molar-refractivity contribution is -0.402. The molecule has 0 spiro atoms. The van der Waals surface area contributed by atoms with E-state index in [0.717, 1.165) is 0 Å². The largest absolute Gasteiger partial charge is 0.481 e. The zero-order valence-corrected chi connectivity index (χ0v) is 8.78. The van der Waals surface area contributed by atoms with Gasteiger partial charge in [0.1, 0.15) is 4.92 Å². The zero-order chi connectivity index (χ0) is 13.9. The molecular formula is C9H7NO8. The van der Waals surface area contributed by atoms with Gasteiger partial charge in [-0.15, -0.1) is 0 Å². The van der Waals surface area contributed by atoms with Crippen LogP contribution in [0.25, 0.3) is 0 Å². The van der Waals surface area contributed by atoms with Crippen molar-refractivity contribution in [3.63, 3.8) is 0 Å². The second-order valence-corrected chi connectivity index (χ2v) is 3.24. The van der Waals surface area contributed by atoms with Crippen LogP contribution in [0.1, 0.15) is 21.7 Å². The van der Waals surface area contributed by atoms with Crippen molar-refractivity contribution in [1.82, 2.24) is 0 Å². The van der Waals surface area contributed by atoms with Crippen LogP contribution >= 0.6 is 0 Å². The van der Waals surface area contributed by atoms with Crippen molar-refractivity contribution >= 4 is 24.1 Å². The molecule has 0 saturated heterocycles. The van der Waals surface area contributed by atoms with E-state index >= 15 is 0 Å². The van der Waals surface area contributed by atoms with Crippen molar-refractivity contribution in [3.05, 3.63) is 27.0 Å². The summed E-state index contributed by atoms with van der Waals surface area (Å²) in [5.41, 5.74) is -0.691. The fraction of sp³-hybridized carbons (Fsp3) is 0.222. The van der Waals surface area contributed by atoms with Gasteiger partial charge in [0, 0.05) is 5.56 Å². The van der Waals surface area contributed by atoms with E-state index in [4.69, 9.17) is 10.2 Å². The van der Waals surface area contributed by atoms with Crippen molar-refractivity contribution in [2.24, 2.45) is 0 Å². The van der Waals surface area contributed by atoms with Crippen LogP contribution in [0.2, 0.25) is 0 Å². The third kappa shape index (κ3) is 2.70. The van der Waals surface area contributed by atoms with Gasteiger partial charge >= 0.3 is 17.8 Å². The quantitative estimate of drug-likeness (QED) is 0.418. The first-order chi connectivity index (χ1) is 8.36. The molecule has 0 bridgehead atoms. The van der Waals surface area contributed by atoms with Gasteiger partial charge in [0.2, 0.25) is 0 Å². The average molecular weight is 257 g/mol. The lowest BCUT2D eigenvalue weighted by atomic mass is 10.0. The summed E-state index contributed by atoms with van der Waals surface area (Å²) in [5.74, 6) is -4.22. The highest BCUT2D eigenvalue weighted by Crippen LogP contribution is 2.29. The van der Waals surface area contributed by atoms with Crippen molar-refractivity contribution in [2.75, 3.05) is 0 Å². The Hall–Kier alpha value is -2.71. The van der Waals surface area contributed by atoms with Gasteiger partial charge in [-0.1, -0.05) is 0 Å². The maximum absolute atomic E-state index is 10.6. The molecule has 0 aromatic carbocycles. The summed E-state index contributed by atoms with van der Waals surface area (Å²) in [6.07, 6.45) is -1.42. The molecule has 0 fully saturated rings. The smallest absolute Gasteiger partial charge is 0.437 e. The summed E-state index contributed by atoms with van der Waals surface area (Å²) < 4.78 is 4.56. The number of carboxylic acids is 2. The van der Waals surface area contributed by atoms with Gasteiger partial charge in [0.25, 0.3) is 0 Å². The lowest BCUT2D eigenvalue weighted by Gasteiger charge is -1.96. The van der Waals surface area contributed by atoms with E-state index in [1.54, 1.807) is 0 Å². The molecule has 1 rings (SSSR count). The Labute approximate surface area is 98.8 Å². The molecule has 0 saturated carbocycles. The predicted octanol–water partition coefficient (Wildman–Crippen LogP) is 0.254. The monoisotopic (exact) mass is 257 g/mol. The number of aliphatic carboxylic acids is 2. The Bertz CT molecular complexity index is 529. The molecule has 1 heterocycles. The topological polar surface area (TPSA) is 148 Å². The van der Waals surface area contributed by atoms with Crippen molar-refractivity contribution in [1.29, 1.82) is 0 Å². The van der Waals surface area contributed by atoms with Crippen LogP contribution in [0.3, 0.4) is 0 Å². The number of aldehydes is 1. The minimum absolute atomic E-state index is 0.108. The standard InChI is InChI=1S/C9H7NO8/c11-3-6-4(1-7(12)13)5(2-8(14)15)9(18-6)10(16)17/h3H,1-2H2,(H,12,13)(H,14,15). The van der Waals surface area contributed by atoms with Gasteiger partial charge < -0.3 is 14.6 Å². The summed E-state index contributed by atoms with van der Waals surface area (Å²) in [6.45, 7) is 0. The van der Waals surface area contributed by atoms with Gasteiger partial charge in [0.05, 0.1) is 18.4 Å². The number of carbonyl (C=O) groups excluding carboxylic acids is 1. The third-order valence-corrected chi connectivity index (χ3v) is 2.06. The molecule has 0 unspecified atom stereocenters. The van der Waals surface area contributed by atoms with Crippen LogP contribution in [0.4, 0.5) is 5.88 Å². The van der Waals surface area contributed by atoms with Gasteiger partial charge in [0.15, 0.2) is 12.0 Å². The number of hydrogen-bond acceptors (Lipinski definition) is 6. The van der Waals surface area contributed by atoms with Gasteiger partial charge in [-0.3, -0.25) is 24.5 Å². The summed E-state index contributed by atoms with van der Waals surface area (Å²) in [6, 6.07) is 0. The molecule has 0 amide bonds. The van der Waals surface area contributed by atoms with Crippen LogP contribution in [-0.4, -0.2) is 33.4 Å². The van der Waals surface area contributed by atoms with Gasteiger partial charge in [-0.25, -0.2) is 0 Å². The van der Waals surface area contributed by atoms with E-state index in [1.165, 1.54) is 0 Å². The SMILES string of the molecule is O=Cc1oc([N+](=O)[O-])c(CC(=O)O)c1CC(=O)O. The average Bonchev–Trinajstić information content (AvgIpc) is 2.56. The maximum Gasteiger partial charge on any atom is 0.437 e. The van der Waals surface area contributed by atoms with E-state index in [1.807, 2.05) is 0 Å². The predicted molar refractivity (Wildman–Crippen MR) is 53.4 cm³/mol. The highest BCUT2D eigenvalue weighted by molar-refractivity contribution is 5.82. The molecule has 9 heteroatoms. The fourth-order valence-electron chi connectivity index (χ4n) is 1.43. The van der Waals surface area contributed by atoms with E-state index in [2.05, 4.69) is 4.42 Å². The molecular weight excluding hydrogens is 250 g/mol. The number of carboxylic acid groups (broad SMARTS) is 2. The molecule has 0 atom stereocenters. The van der Waals surface area contributed by atoms with E-state index in [-0.39, 0.29) is 11.8 Å². The fourth-order valence-corrected chi connectivity index (χ4v) is 1.43. The van der Waals surface area contributed by atoms with E-state index < -0.39 is 46.9 Å². The third-order valence-electron chi connectivity index (χ3n) is 2.06. The first-order valence-electron chi connectivity index (χ1n) is 4.54. The summed E-state index contributed by atoms with van der Waals surface area (Å²) in [5, 5.41) is 27.9. The van der Waals surface area contributed by atoms with Crippen LogP contribution in [-0.2, 0) is 22.4 Å². The lowest BCUT2D eigenvalue weighted by Crippen LogP contribution is -2.08. The summed E-state index contributed by atoms with van der Waals surface area (Å²) >= 11 is 0. The molecule has 2 N–H and O–H groups in total. The maximum atomic E-state index is 10.6. The number of nitrogens with zero attached hydrogens (tertiary/aromatic N) is 1. The number of carbonyl (C=O) groups is 3. The molecule has 18 heavy (non-hydrogen) atoms. The van der Waals surface area contributed by atoms with Gasteiger partial charge in [-0.05, 0) is 0 Å². The Morgan fingerprint density at radius 1 is 1.22 bits per heavy atom. The Morgan fingerprint density at radius 3 is 2.11 bits per heavy atom. The second-order valence-electron chi connectivity index (χ2n) is 3.24. The van der Waals surface area contributed by atoms with Crippen molar-refractivity contribution < 1.29 is 33.9 Å². The zero-order valence-electron chi connectivity index (χ0n) is 8.78. The molecule has 0 radical (unpaired) electrons. The Kier molecular flexibility index (Phi) is 3.77. The van der Waals surface area contributed by atoms with Crippen molar-refractivity contribution in [3.8, 4) is 0 Å². The molecule has 0 aliphatic heterocycles. The molecule has 0 aliphatic rings. The number of rotatable bonds is 6. The van der Waals surface area contributed by atoms with Crippen molar-refractivity contribution in [2.45, 2.75) is 12.8 Å². The molecule has 1 aromatic rings. The highest BCUT2D eigenvalue weighted by atomic mass is 16.6. The highest BCUT2D eigenvalue weighted by Gasteiger charge is 2.30. The molecule has 96 valence electrons. The van der Waals surface area contributed by atoms with E-state index in [9.17, 15) is 24.5 Å². The first-order valence-corrected chi connectivity index (χ1v) is 4.54. The second kappa shape index (κ2) is 5.08. The first kappa shape index (κ1) is 13.4. The minimum Gasteiger partial charge on any atom is -0.481 e. The van der Waals surface area contributed by atoms with E-state index in [0.29, 0.717) is 0 Å². The van der Waals surface area contributed by atoms with Crippen LogP contribution in [0.5, 0.6) is 0 Å².